The number of rotatable bonds is 6. The number of hydrogen-bond donors (Lipinski definition) is 1. The Balaban J connectivity index is 2.85. The van der Waals surface area contributed by atoms with Crippen molar-refractivity contribution in [2.75, 3.05) is 14.2 Å². The van der Waals surface area contributed by atoms with Gasteiger partial charge in [-0.1, -0.05) is 6.07 Å². The molecule has 0 atom stereocenters. The van der Waals surface area contributed by atoms with Gasteiger partial charge in [-0.2, -0.15) is 0 Å². The highest BCUT2D eigenvalue weighted by Crippen LogP contribution is 2.22. The standard InChI is InChI=1S/C17H30N2O/c1-13(2)19(6)12-15-10-14(8-9-16(15)20-7)11-18-17(3,4)5/h8-10,13,18H,11-12H2,1-7H3. The third-order valence-corrected chi connectivity index (χ3v) is 3.47. The smallest absolute Gasteiger partial charge is 0.123 e. The maximum atomic E-state index is 5.48. The van der Waals surface area contributed by atoms with Crippen LogP contribution in [0.2, 0.25) is 0 Å². The van der Waals surface area contributed by atoms with E-state index in [9.17, 15) is 0 Å². The minimum atomic E-state index is 0.134. The van der Waals surface area contributed by atoms with Gasteiger partial charge >= 0.3 is 0 Å². The second kappa shape index (κ2) is 7.09. The summed E-state index contributed by atoms with van der Waals surface area (Å²) in [5.74, 6) is 0.969. The molecule has 1 aromatic carbocycles. The quantitative estimate of drug-likeness (QED) is 0.863. The van der Waals surface area contributed by atoms with Crippen molar-refractivity contribution in [1.29, 1.82) is 0 Å². The van der Waals surface area contributed by atoms with Gasteiger partial charge in [0.1, 0.15) is 5.75 Å². The maximum Gasteiger partial charge on any atom is 0.123 e. The zero-order chi connectivity index (χ0) is 15.3. The van der Waals surface area contributed by atoms with E-state index in [4.69, 9.17) is 4.74 Å². The van der Waals surface area contributed by atoms with E-state index in [2.05, 4.69) is 70.1 Å². The van der Waals surface area contributed by atoms with Gasteiger partial charge in [0.15, 0.2) is 0 Å². The van der Waals surface area contributed by atoms with Crippen LogP contribution in [0, 0.1) is 0 Å². The Morgan fingerprint density at radius 1 is 1.25 bits per heavy atom. The molecule has 20 heavy (non-hydrogen) atoms. The molecule has 0 aliphatic rings. The Bertz CT molecular complexity index is 421. The van der Waals surface area contributed by atoms with Gasteiger partial charge in [-0.3, -0.25) is 4.90 Å². The molecule has 0 aliphatic carbocycles. The van der Waals surface area contributed by atoms with Crippen LogP contribution in [0.5, 0.6) is 5.75 Å². The fourth-order valence-corrected chi connectivity index (χ4v) is 1.88. The fourth-order valence-electron chi connectivity index (χ4n) is 1.88. The lowest BCUT2D eigenvalue weighted by molar-refractivity contribution is 0.261. The second-order valence-corrected chi connectivity index (χ2v) is 6.76. The lowest BCUT2D eigenvalue weighted by atomic mass is 10.1. The maximum absolute atomic E-state index is 5.48. The molecule has 1 N–H and O–H groups in total. The monoisotopic (exact) mass is 278 g/mol. The van der Waals surface area contributed by atoms with Gasteiger partial charge < -0.3 is 10.1 Å². The molecular weight excluding hydrogens is 248 g/mol. The van der Waals surface area contributed by atoms with Gasteiger partial charge in [0.05, 0.1) is 7.11 Å². The number of nitrogens with zero attached hydrogens (tertiary/aromatic N) is 1. The number of nitrogens with one attached hydrogen (secondary N) is 1. The molecule has 0 amide bonds. The van der Waals surface area contributed by atoms with E-state index in [1.807, 2.05) is 0 Å². The molecule has 0 saturated carbocycles. The molecule has 0 heterocycles. The van der Waals surface area contributed by atoms with Crippen LogP contribution in [-0.4, -0.2) is 30.6 Å². The van der Waals surface area contributed by atoms with E-state index >= 15 is 0 Å². The van der Waals surface area contributed by atoms with Crippen molar-refractivity contribution in [2.45, 2.75) is 59.3 Å². The van der Waals surface area contributed by atoms with Crippen molar-refractivity contribution in [2.24, 2.45) is 0 Å². The summed E-state index contributed by atoms with van der Waals surface area (Å²) in [6.45, 7) is 12.8. The van der Waals surface area contributed by atoms with Crippen molar-refractivity contribution in [1.82, 2.24) is 10.2 Å². The molecule has 1 rings (SSSR count). The summed E-state index contributed by atoms with van der Waals surface area (Å²) in [6.07, 6.45) is 0. The predicted molar refractivity (Wildman–Crippen MR) is 86.2 cm³/mol. The third kappa shape index (κ3) is 5.51. The molecule has 0 aliphatic heterocycles. The van der Waals surface area contributed by atoms with Crippen LogP contribution in [0.1, 0.15) is 45.7 Å². The Morgan fingerprint density at radius 3 is 2.40 bits per heavy atom. The van der Waals surface area contributed by atoms with E-state index in [1.165, 1.54) is 11.1 Å². The highest BCUT2D eigenvalue weighted by atomic mass is 16.5. The molecule has 114 valence electrons. The molecule has 1 aromatic rings. The highest BCUT2D eigenvalue weighted by molar-refractivity contribution is 5.37. The lowest BCUT2D eigenvalue weighted by Gasteiger charge is -2.24. The number of ether oxygens (including phenoxy) is 1. The Hall–Kier alpha value is -1.06. The first-order chi connectivity index (χ1) is 9.23. The van der Waals surface area contributed by atoms with Crippen LogP contribution in [0.25, 0.3) is 0 Å². The highest BCUT2D eigenvalue weighted by Gasteiger charge is 2.12. The van der Waals surface area contributed by atoms with Gasteiger partial charge in [-0.15, -0.1) is 0 Å². The summed E-state index contributed by atoms with van der Waals surface area (Å²) in [7, 11) is 3.88. The Kier molecular flexibility index (Phi) is 6.03. The van der Waals surface area contributed by atoms with Crippen molar-refractivity contribution in [3.05, 3.63) is 29.3 Å². The molecule has 3 nitrogen and oxygen atoms in total. The minimum absolute atomic E-state index is 0.134. The van der Waals surface area contributed by atoms with E-state index in [0.717, 1.165) is 18.8 Å². The third-order valence-electron chi connectivity index (χ3n) is 3.47. The summed E-state index contributed by atoms with van der Waals surface area (Å²) in [5.41, 5.74) is 2.68. The van der Waals surface area contributed by atoms with Crippen LogP contribution in [0.15, 0.2) is 18.2 Å². The second-order valence-electron chi connectivity index (χ2n) is 6.76. The van der Waals surface area contributed by atoms with Gasteiger partial charge in [0.2, 0.25) is 0 Å². The first-order valence-corrected chi connectivity index (χ1v) is 7.34. The molecule has 0 spiro atoms. The summed E-state index contributed by atoms with van der Waals surface area (Å²) in [6, 6.07) is 6.98. The van der Waals surface area contributed by atoms with E-state index < -0.39 is 0 Å². The van der Waals surface area contributed by atoms with Gasteiger partial charge in [0, 0.05) is 30.2 Å². The molecule has 0 radical (unpaired) electrons. The molecule has 0 unspecified atom stereocenters. The summed E-state index contributed by atoms with van der Waals surface area (Å²) in [5, 5.41) is 3.52. The van der Waals surface area contributed by atoms with Crippen LogP contribution in [0.3, 0.4) is 0 Å². The molecule has 0 bridgehead atoms. The summed E-state index contributed by atoms with van der Waals surface area (Å²) in [4.78, 5) is 2.32. The zero-order valence-corrected chi connectivity index (χ0v) is 14.1. The van der Waals surface area contributed by atoms with Crippen LogP contribution in [-0.2, 0) is 13.1 Å². The van der Waals surface area contributed by atoms with E-state index in [1.54, 1.807) is 7.11 Å². The number of methoxy groups -OCH3 is 1. The molecular formula is C17H30N2O. The normalized spacial score (nSPS) is 12.2. The Morgan fingerprint density at radius 2 is 1.90 bits per heavy atom. The predicted octanol–water partition coefficient (Wildman–Crippen LogP) is 3.42. The molecule has 0 aromatic heterocycles. The van der Waals surface area contributed by atoms with Crippen molar-refractivity contribution in [3.63, 3.8) is 0 Å². The van der Waals surface area contributed by atoms with Crippen LogP contribution >= 0.6 is 0 Å². The Labute approximate surface area is 124 Å². The van der Waals surface area contributed by atoms with Crippen molar-refractivity contribution < 1.29 is 4.74 Å². The largest absolute Gasteiger partial charge is 0.496 e. The summed E-state index contributed by atoms with van der Waals surface area (Å²) < 4.78 is 5.48. The SMILES string of the molecule is COc1ccc(CNC(C)(C)C)cc1CN(C)C(C)C. The molecule has 3 heteroatoms. The lowest BCUT2D eigenvalue weighted by Crippen LogP contribution is -2.35. The van der Waals surface area contributed by atoms with Crippen molar-refractivity contribution >= 4 is 0 Å². The van der Waals surface area contributed by atoms with E-state index in [0.29, 0.717) is 6.04 Å². The van der Waals surface area contributed by atoms with E-state index in [-0.39, 0.29) is 5.54 Å². The zero-order valence-electron chi connectivity index (χ0n) is 14.1. The van der Waals surface area contributed by atoms with Crippen LogP contribution in [0.4, 0.5) is 0 Å². The number of benzene rings is 1. The van der Waals surface area contributed by atoms with Gasteiger partial charge in [-0.25, -0.2) is 0 Å². The molecule has 0 saturated heterocycles. The van der Waals surface area contributed by atoms with Crippen molar-refractivity contribution in [3.8, 4) is 5.75 Å². The van der Waals surface area contributed by atoms with Gasteiger partial charge in [0.25, 0.3) is 0 Å². The average Bonchev–Trinajstić information content (AvgIpc) is 2.35. The first kappa shape index (κ1) is 17.0. The summed E-state index contributed by atoms with van der Waals surface area (Å²) >= 11 is 0. The molecule has 0 fully saturated rings. The first-order valence-electron chi connectivity index (χ1n) is 7.34. The average molecular weight is 278 g/mol. The minimum Gasteiger partial charge on any atom is -0.496 e. The van der Waals surface area contributed by atoms with Gasteiger partial charge in [-0.05, 0) is 59.4 Å². The topological polar surface area (TPSA) is 24.5 Å². The van der Waals surface area contributed by atoms with Crippen LogP contribution < -0.4 is 10.1 Å². The number of hydrogen-bond acceptors (Lipinski definition) is 3. The fraction of sp³-hybridized carbons (Fsp3) is 0.647.